The normalized spacial score (nSPS) is 19.2. The molecule has 29 heavy (non-hydrogen) atoms. The topological polar surface area (TPSA) is 58.2 Å². The molecule has 0 unspecified atom stereocenters. The Bertz CT molecular complexity index is 894. The van der Waals surface area contributed by atoms with Gasteiger partial charge in [-0.15, -0.1) is 0 Å². The molecular weight excluding hydrogens is 360 g/mol. The maximum absolute atomic E-state index is 12.7. The molecule has 0 spiro atoms. The van der Waals surface area contributed by atoms with E-state index in [0.717, 1.165) is 12.1 Å². The molecule has 0 aliphatic heterocycles. The highest BCUT2D eigenvalue weighted by Crippen LogP contribution is 2.59. The third-order valence-corrected chi connectivity index (χ3v) is 5.66. The number of amides is 2. The van der Waals surface area contributed by atoms with Crippen molar-refractivity contribution in [1.82, 2.24) is 5.32 Å². The molecule has 2 N–H and O–H groups in total. The molecule has 0 aromatic heterocycles. The van der Waals surface area contributed by atoms with Gasteiger partial charge in [0.05, 0.1) is 5.92 Å². The third-order valence-electron chi connectivity index (χ3n) is 5.66. The predicted octanol–water partition coefficient (Wildman–Crippen LogP) is 4.84. The van der Waals surface area contributed by atoms with Crippen LogP contribution in [0.5, 0.6) is 0 Å². The van der Waals surface area contributed by atoms with Crippen LogP contribution in [0.25, 0.3) is 0 Å². The van der Waals surface area contributed by atoms with E-state index in [-0.39, 0.29) is 29.1 Å². The lowest BCUT2D eigenvalue weighted by atomic mass is 10.1. The van der Waals surface area contributed by atoms with Crippen molar-refractivity contribution in [3.63, 3.8) is 0 Å². The van der Waals surface area contributed by atoms with Crippen molar-refractivity contribution in [2.75, 3.05) is 11.9 Å². The second kappa shape index (κ2) is 8.64. The number of carbonyl (C=O) groups excluding carboxylic acids is 2. The molecule has 2 atom stereocenters. The molecule has 4 heteroatoms. The molecule has 3 rings (SSSR count). The van der Waals surface area contributed by atoms with Gasteiger partial charge in [-0.2, -0.15) is 0 Å². The van der Waals surface area contributed by atoms with Crippen molar-refractivity contribution < 1.29 is 9.59 Å². The zero-order chi connectivity index (χ0) is 21.0. The molecule has 0 bridgehead atoms. The molecule has 1 aliphatic rings. The van der Waals surface area contributed by atoms with Crippen LogP contribution >= 0.6 is 0 Å². The molecular formula is C25H30N2O2. The predicted molar refractivity (Wildman–Crippen MR) is 118 cm³/mol. The molecule has 2 amide bonds. The molecule has 152 valence electrons. The molecule has 1 fully saturated rings. The van der Waals surface area contributed by atoms with Gasteiger partial charge in [-0.3, -0.25) is 9.59 Å². The van der Waals surface area contributed by atoms with Crippen LogP contribution in [0.4, 0.5) is 5.69 Å². The average molecular weight is 391 g/mol. The van der Waals surface area contributed by atoms with Crippen LogP contribution in [0.3, 0.4) is 0 Å². The first-order valence-corrected chi connectivity index (χ1v) is 10.2. The molecule has 1 aliphatic carbocycles. The number of anilines is 1. The van der Waals surface area contributed by atoms with E-state index in [1.165, 1.54) is 11.1 Å². The minimum absolute atomic E-state index is 0.0140. The fourth-order valence-corrected chi connectivity index (χ4v) is 3.84. The number of rotatable bonds is 7. The second-order valence-corrected chi connectivity index (χ2v) is 8.63. The first-order chi connectivity index (χ1) is 13.8. The Morgan fingerprint density at radius 3 is 2.28 bits per heavy atom. The number of benzene rings is 2. The van der Waals surface area contributed by atoms with Crippen molar-refractivity contribution in [1.29, 1.82) is 0 Å². The zero-order valence-electron chi connectivity index (χ0n) is 17.7. The van der Waals surface area contributed by atoms with Gasteiger partial charge in [-0.1, -0.05) is 55.8 Å². The standard InChI is InChI=1S/C25H30N2O2/c1-17(2)16-21-22(25(21,3)4)24(29)27-20-12-10-19(11-13-20)23(28)26-15-14-18-8-6-5-7-9-18/h5-13,16,21-22H,14-15H2,1-4H3,(H,26,28)(H,27,29)/t21-,22-/m0/s1. The van der Waals surface area contributed by atoms with Crippen LogP contribution in [0, 0.1) is 17.3 Å². The fourth-order valence-electron chi connectivity index (χ4n) is 3.84. The maximum Gasteiger partial charge on any atom is 0.251 e. The van der Waals surface area contributed by atoms with Gasteiger partial charge in [0.15, 0.2) is 0 Å². The maximum atomic E-state index is 12.7. The number of allylic oxidation sites excluding steroid dienone is 2. The van der Waals surface area contributed by atoms with E-state index in [4.69, 9.17) is 0 Å². The van der Waals surface area contributed by atoms with Crippen LogP contribution < -0.4 is 10.6 Å². The van der Waals surface area contributed by atoms with Gasteiger partial charge in [0.2, 0.25) is 5.91 Å². The van der Waals surface area contributed by atoms with Crippen molar-refractivity contribution in [3.05, 3.63) is 77.4 Å². The Labute approximate surface area is 173 Å². The van der Waals surface area contributed by atoms with Crippen molar-refractivity contribution in [3.8, 4) is 0 Å². The van der Waals surface area contributed by atoms with Gasteiger partial charge in [0, 0.05) is 17.8 Å². The van der Waals surface area contributed by atoms with E-state index >= 15 is 0 Å². The molecule has 1 saturated carbocycles. The quantitative estimate of drug-likeness (QED) is 0.665. The van der Waals surface area contributed by atoms with Crippen LogP contribution in [-0.2, 0) is 11.2 Å². The summed E-state index contributed by atoms with van der Waals surface area (Å²) >= 11 is 0. The summed E-state index contributed by atoms with van der Waals surface area (Å²) < 4.78 is 0. The Morgan fingerprint density at radius 2 is 1.66 bits per heavy atom. The second-order valence-electron chi connectivity index (χ2n) is 8.63. The lowest BCUT2D eigenvalue weighted by molar-refractivity contribution is -0.118. The van der Waals surface area contributed by atoms with E-state index in [9.17, 15) is 9.59 Å². The average Bonchev–Trinajstić information content (AvgIpc) is 3.22. The van der Waals surface area contributed by atoms with E-state index in [0.29, 0.717) is 12.1 Å². The van der Waals surface area contributed by atoms with Gasteiger partial charge < -0.3 is 10.6 Å². The summed E-state index contributed by atoms with van der Waals surface area (Å²) in [7, 11) is 0. The molecule has 4 nitrogen and oxygen atoms in total. The molecule has 0 heterocycles. The summed E-state index contributed by atoms with van der Waals surface area (Å²) in [4.78, 5) is 25.0. The smallest absolute Gasteiger partial charge is 0.251 e. The van der Waals surface area contributed by atoms with Crippen LogP contribution in [0.1, 0.15) is 43.6 Å². The van der Waals surface area contributed by atoms with Gasteiger partial charge in [-0.05, 0) is 61.4 Å². The lowest BCUT2D eigenvalue weighted by Gasteiger charge is -2.08. The summed E-state index contributed by atoms with van der Waals surface area (Å²) in [5.41, 5.74) is 3.72. The minimum atomic E-state index is -0.106. The summed E-state index contributed by atoms with van der Waals surface area (Å²) in [5, 5.41) is 5.93. The number of carbonyl (C=O) groups is 2. The summed E-state index contributed by atoms with van der Waals surface area (Å²) in [6.45, 7) is 8.97. The summed E-state index contributed by atoms with van der Waals surface area (Å²) in [6.07, 6.45) is 2.98. The number of hydrogen-bond acceptors (Lipinski definition) is 2. The Kier molecular flexibility index (Phi) is 6.21. The molecule has 2 aromatic carbocycles. The lowest BCUT2D eigenvalue weighted by Crippen LogP contribution is -2.25. The highest BCUT2D eigenvalue weighted by molar-refractivity contribution is 5.97. The monoisotopic (exact) mass is 390 g/mol. The van der Waals surface area contributed by atoms with Gasteiger partial charge >= 0.3 is 0 Å². The summed E-state index contributed by atoms with van der Waals surface area (Å²) in [5.74, 6) is 0.198. The highest BCUT2D eigenvalue weighted by atomic mass is 16.2. The number of hydrogen-bond donors (Lipinski definition) is 2. The first-order valence-electron chi connectivity index (χ1n) is 10.2. The molecule has 0 radical (unpaired) electrons. The Hall–Kier alpha value is -2.88. The van der Waals surface area contributed by atoms with Crippen molar-refractivity contribution >= 4 is 17.5 Å². The van der Waals surface area contributed by atoms with Gasteiger partial charge in [-0.25, -0.2) is 0 Å². The minimum Gasteiger partial charge on any atom is -0.352 e. The van der Waals surface area contributed by atoms with E-state index < -0.39 is 0 Å². The largest absolute Gasteiger partial charge is 0.352 e. The molecule has 2 aromatic rings. The van der Waals surface area contributed by atoms with Crippen LogP contribution in [0.15, 0.2) is 66.2 Å². The third kappa shape index (κ3) is 5.14. The van der Waals surface area contributed by atoms with Gasteiger partial charge in [0.1, 0.15) is 0 Å². The Balaban J connectivity index is 1.51. The van der Waals surface area contributed by atoms with E-state index in [1.807, 2.05) is 30.3 Å². The Morgan fingerprint density at radius 1 is 1.00 bits per heavy atom. The fraction of sp³-hybridized carbons (Fsp3) is 0.360. The first kappa shape index (κ1) is 20.8. The summed E-state index contributed by atoms with van der Waals surface area (Å²) in [6, 6.07) is 17.1. The molecule has 0 saturated heterocycles. The van der Waals surface area contributed by atoms with Crippen LogP contribution in [-0.4, -0.2) is 18.4 Å². The van der Waals surface area contributed by atoms with Gasteiger partial charge in [0.25, 0.3) is 5.91 Å². The zero-order valence-corrected chi connectivity index (χ0v) is 17.7. The van der Waals surface area contributed by atoms with Crippen LogP contribution in [0.2, 0.25) is 0 Å². The van der Waals surface area contributed by atoms with E-state index in [2.05, 4.69) is 44.4 Å². The number of nitrogens with one attached hydrogen (secondary N) is 2. The van der Waals surface area contributed by atoms with Crippen molar-refractivity contribution in [2.24, 2.45) is 17.3 Å². The SMILES string of the molecule is CC(C)=C[C@H]1[C@@H](C(=O)Nc2ccc(C(=O)NCCc3ccccc3)cc2)C1(C)C. The highest BCUT2D eigenvalue weighted by Gasteiger charge is 2.60. The van der Waals surface area contributed by atoms with E-state index in [1.54, 1.807) is 24.3 Å². The van der Waals surface area contributed by atoms with Crippen molar-refractivity contribution in [2.45, 2.75) is 34.1 Å².